The van der Waals surface area contributed by atoms with Crippen molar-refractivity contribution in [3.8, 4) is 0 Å². The molecule has 0 spiro atoms. The number of anilines is 1. The van der Waals surface area contributed by atoms with E-state index in [-0.39, 0.29) is 11.7 Å². The highest BCUT2D eigenvalue weighted by Crippen LogP contribution is 2.21. The predicted octanol–water partition coefficient (Wildman–Crippen LogP) is 4.40. The van der Waals surface area contributed by atoms with E-state index in [0.717, 1.165) is 16.8 Å². The maximum Gasteiger partial charge on any atom is 0.248 e. The molecule has 0 atom stereocenters. The van der Waals surface area contributed by atoms with E-state index in [4.69, 9.17) is 0 Å². The molecule has 0 bridgehead atoms. The van der Waals surface area contributed by atoms with E-state index in [0.29, 0.717) is 5.56 Å². The summed E-state index contributed by atoms with van der Waals surface area (Å²) < 4.78 is 13.0. The summed E-state index contributed by atoms with van der Waals surface area (Å²) >= 11 is 0. The minimum atomic E-state index is -0.317. The van der Waals surface area contributed by atoms with Gasteiger partial charge >= 0.3 is 0 Å². The fraction of sp³-hybridized carbons (Fsp3) is 0.167. The monoisotopic (exact) mass is 283 g/mol. The van der Waals surface area contributed by atoms with Crippen LogP contribution in [0.2, 0.25) is 0 Å². The molecule has 1 amide bonds. The zero-order valence-electron chi connectivity index (χ0n) is 12.4. The highest BCUT2D eigenvalue weighted by molar-refractivity contribution is 6.02. The normalized spacial score (nSPS) is 10.9. The van der Waals surface area contributed by atoms with Crippen LogP contribution >= 0.6 is 0 Å². The Kier molecular flexibility index (Phi) is 4.53. The molecule has 0 fully saturated rings. The highest BCUT2D eigenvalue weighted by Gasteiger charge is 2.06. The Bertz CT molecular complexity index is 681. The van der Waals surface area contributed by atoms with Crippen molar-refractivity contribution in [3.05, 3.63) is 70.5 Å². The van der Waals surface area contributed by atoms with Crippen molar-refractivity contribution >= 4 is 17.7 Å². The number of nitrogens with one attached hydrogen (secondary N) is 1. The van der Waals surface area contributed by atoms with Crippen LogP contribution in [0.4, 0.5) is 10.1 Å². The van der Waals surface area contributed by atoms with Crippen LogP contribution in [0.25, 0.3) is 6.08 Å². The zero-order chi connectivity index (χ0) is 15.4. The summed E-state index contributed by atoms with van der Waals surface area (Å²) in [5.74, 6) is -0.544. The van der Waals surface area contributed by atoms with Crippen LogP contribution < -0.4 is 5.32 Å². The number of amides is 1. The lowest BCUT2D eigenvalue weighted by Gasteiger charge is -2.11. The average molecular weight is 283 g/mol. The first-order chi connectivity index (χ1) is 9.95. The highest BCUT2D eigenvalue weighted by atomic mass is 19.1. The van der Waals surface area contributed by atoms with Gasteiger partial charge in [0.05, 0.1) is 0 Å². The SMILES string of the molecule is Cc1cc(C)c(NC(=O)/C=C/c2cccc(F)c2)c(C)c1. The Balaban J connectivity index is 2.12. The topological polar surface area (TPSA) is 29.1 Å². The number of halogens is 1. The molecular formula is C18H18FNO. The van der Waals surface area contributed by atoms with Gasteiger partial charge in [0.25, 0.3) is 0 Å². The average Bonchev–Trinajstić information content (AvgIpc) is 2.40. The number of hydrogen-bond donors (Lipinski definition) is 1. The van der Waals surface area contributed by atoms with Gasteiger partial charge in [-0.15, -0.1) is 0 Å². The Morgan fingerprint density at radius 1 is 1.10 bits per heavy atom. The standard InChI is InChI=1S/C18H18FNO/c1-12-9-13(2)18(14(3)10-12)20-17(21)8-7-15-5-4-6-16(19)11-15/h4-11H,1-3H3,(H,20,21)/b8-7+. The number of carbonyl (C=O) groups excluding carboxylic acids is 1. The zero-order valence-corrected chi connectivity index (χ0v) is 12.4. The number of hydrogen-bond acceptors (Lipinski definition) is 1. The van der Waals surface area contributed by atoms with Crippen molar-refractivity contribution in [1.82, 2.24) is 0 Å². The van der Waals surface area contributed by atoms with E-state index in [1.54, 1.807) is 18.2 Å². The van der Waals surface area contributed by atoms with Gasteiger partial charge in [0.1, 0.15) is 5.82 Å². The lowest BCUT2D eigenvalue weighted by Crippen LogP contribution is -2.10. The first kappa shape index (κ1) is 15.0. The molecule has 0 radical (unpaired) electrons. The summed E-state index contributed by atoms with van der Waals surface area (Å²) in [5.41, 5.74) is 4.70. The maximum atomic E-state index is 13.0. The molecule has 0 aromatic heterocycles. The Hall–Kier alpha value is -2.42. The molecule has 3 heteroatoms. The molecule has 0 unspecified atom stereocenters. The number of carbonyl (C=O) groups is 1. The lowest BCUT2D eigenvalue weighted by atomic mass is 10.1. The first-order valence-electron chi connectivity index (χ1n) is 6.78. The molecule has 0 aliphatic rings. The molecule has 1 N–H and O–H groups in total. The summed E-state index contributed by atoms with van der Waals surface area (Å²) in [6.07, 6.45) is 3.00. The third-order valence-corrected chi connectivity index (χ3v) is 3.20. The largest absolute Gasteiger partial charge is 0.322 e. The molecular weight excluding hydrogens is 265 g/mol. The van der Waals surface area contributed by atoms with Crippen molar-refractivity contribution in [3.63, 3.8) is 0 Å². The molecule has 0 aliphatic heterocycles. The van der Waals surface area contributed by atoms with Gasteiger partial charge in [-0.2, -0.15) is 0 Å². The van der Waals surface area contributed by atoms with Gasteiger partial charge in [-0.25, -0.2) is 4.39 Å². The number of benzene rings is 2. The Morgan fingerprint density at radius 3 is 2.38 bits per heavy atom. The molecule has 21 heavy (non-hydrogen) atoms. The maximum absolute atomic E-state index is 13.0. The second-order valence-electron chi connectivity index (χ2n) is 5.15. The third-order valence-electron chi connectivity index (χ3n) is 3.20. The second kappa shape index (κ2) is 6.35. The van der Waals surface area contributed by atoms with Crippen LogP contribution in [0, 0.1) is 26.6 Å². The summed E-state index contributed by atoms with van der Waals surface area (Å²) in [4.78, 5) is 12.0. The van der Waals surface area contributed by atoms with Crippen molar-refractivity contribution in [2.75, 3.05) is 5.32 Å². The van der Waals surface area contributed by atoms with Gasteiger partial charge in [-0.1, -0.05) is 29.8 Å². The fourth-order valence-electron chi connectivity index (χ4n) is 2.32. The van der Waals surface area contributed by atoms with Crippen LogP contribution in [0.15, 0.2) is 42.5 Å². The predicted molar refractivity (Wildman–Crippen MR) is 84.7 cm³/mol. The molecule has 2 rings (SSSR count). The summed E-state index contributed by atoms with van der Waals surface area (Å²) in [6, 6.07) is 10.2. The van der Waals surface area contributed by atoms with Crippen molar-refractivity contribution in [2.45, 2.75) is 20.8 Å². The van der Waals surface area contributed by atoms with Gasteiger partial charge in [0.2, 0.25) is 5.91 Å². The molecule has 0 heterocycles. The quantitative estimate of drug-likeness (QED) is 0.831. The molecule has 0 aliphatic carbocycles. The van der Waals surface area contributed by atoms with E-state index >= 15 is 0 Å². The fourth-order valence-corrected chi connectivity index (χ4v) is 2.32. The minimum Gasteiger partial charge on any atom is -0.322 e. The van der Waals surface area contributed by atoms with Gasteiger partial charge in [-0.3, -0.25) is 4.79 Å². The van der Waals surface area contributed by atoms with Crippen LogP contribution in [-0.4, -0.2) is 5.91 Å². The van der Waals surface area contributed by atoms with E-state index in [1.165, 1.54) is 23.8 Å². The molecule has 0 saturated carbocycles. The van der Waals surface area contributed by atoms with Crippen LogP contribution in [0.5, 0.6) is 0 Å². The van der Waals surface area contributed by atoms with Crippen LogP contribution in [0.3, 0.4) is 0 Å². The molecule has 108 valence electrons. The number of rotatable bonds is 3. The van der Waals surface area contributed by atoms with Gasteiger partial charge in [0.15, 0.2) is 0 Å². The summed E-state index contributed by atoms with van der Waals surface area (Å²) in [6.45, 7) is 5.95. The van der Waals surface area contributed by atoms with Gasteiger partial charge in [0, 0.05) is 11.8 Å². The van der Waals surface area contributed by atoms with E-state index in [9.17, 15) is 9.18 Å². The van der Waals surface area contributed by atoms with E-state index in [2.05, 4.69) is 5.32 Å². The van der Waals surface area contributed by atoms with Gasteiger partial charge < -0.3 is 5.32 Å². The molecule has 2 aromatic rings. The van der Waals surface area contributed by atoms with Crippen LogP contribution in [-0.2, 0) is 4.79 Å². The second-order valence-corrected chi connectivity index (χ2v) is 5.15. The van der Waals surface area contributed by atoms with Gasteiger partial charge in [-0.05, 0) is 55.7 Å². The van der Waals surface area contributed by atoms with Crippen molar-refractivity contribution in [2.24, 2.45) is 0 Å². The molecule has 2 aromatic carbocycles. The summed E-state index contributed by atoms with van der Waals surface area (Å²) in [7, 11) is 0. The van der Waals surface area contributed by atoms with E-state index in [1.807, 2.05) is 32.9 Å². The van der Waals surface area contributed by atoms with E-state index < -0.39 is 0 Å². The van der Waals surface area contributed by atoms with Crippen molar-refractivity contribution in [1.29, 1.82) is 0 Å². The first-order valence-corrected chi connectivity index (χ1v) is 6.78. The molecule has 0 saturated heterocycles. The van der Waals surface area contributed by atoms with Crippen LogP contribution in [0.1, 0.15) is 22.3 Å². The third kappa shape index (κ3) is 4.02. The Morgan fingerprint density at radius 2 is 1.76 bits per heavy atom. The Labute approximate surface area is 124 Å². The number of aryl methyl sites for hydroxylation is 3. The molecule has 2 nitrogen and oxygen atoms in total. The smallest absolute Gasteiger partial charge is 0.248 e. The summed E-state index contributed by atoms with van der Waals surface area (Å²) in [5, 5.41) is 2.87. The lowest BCUT2D eigenvalue weighted by molar-refractivity contribution is -0.111. The van der Waals surface area contributed by atoms with Crippen molar-refractivity contribution < 1.29 is 9.18 Å². The minimum absolute atomic E-state index is 0.227.